The van der Waals surface area contributed by atoms with Crippen LogP contribution in [0, 0.1) is 5.41 Å². The molecule has 0 aromatic heterocycles. The third-order valence-electron chi connectivity index (χ3n) is 4.40. The molecule has 1 amide bonds. The van der Waals surface area contributed by atoms with Crippen LogP contribution < -0.4 is 5.32 Å². The van der Waals surface area contributed by atoms with Gasteiger partial charge in [-0.2, -0.15) is 0 Å². The fourth-order valence-corrected chi connectivity index (χ4v) is 2.97. The molecule has 23 heavy (non-hydrogen) atoms. The van der Waals surface area contributed by atoms with Gasteiger partial charge in [0.2, 0.25) is 6.41 Å². The molecule has 126 valence electrons. The van der Waals surface area contributed by atoms with Crippen LogP contribution in [0.5, 0.6) is 0 Å². The van der Waals surface area contributed by atoms with Gasteiger partial charge in [0.25, 0.3) is 0 Å². The monoisotopic (exact) mass is 313 g/mol. The van der Waals surface area contributed by atoms with Crippen LogP contribution in [0.2, 0.25) is 0 Å². The lowest BCUT2D eigenvalue weighted by molar-refractivity contribution is -0.109. The molecule has 0 fully saturated rings. The number of rotatable bonds is 7. The summed E-state index contributed by atoms with van der Waals surface area (Å²) in [5, 5.41) is 2.62. The number of hydrogen-bond donors (Lipinski definition) is 1. The van der Waals surface area contributed by atoms with Gasteiger partial charge in [0, 0.05) is 6.54 Å². The van der Waals surface area contributed by atoms with E-state index in [4.69, 9.17) is 0 Å². The van der Waals surface area contributed by atoms with E-state index in [0.717, 1.165) is 5.57 Å². The van der Waals surface area contributed by atoms with E-state index < -0.39 is 0 Å². The van der Waals surface area contributed by atoms with Crippen LogP contribution in [0.15, 0.2) is 58.7 Å². The van der Waals surface area contributed by atoms with E-state index in [-0.39, 0.29) is 0 Å². The largest absolute Gasteiger partial charge is 0.355 e. The summed E-state index contributed by atoms with van der Waals surface area (Å²) in [5.41, 5.74) is 5.69. The van der Waals surface area contributed by atoms with Crippen molar-refractivity contribution < 1.29 is 4.79 Å². The quantitative estimate of drug-likeness (QED) is 0.387. The zero-order valence-corrected chi connectivity index (χ0v) is 15.3. The van der Waals surface area contributed by atoms with Crippen molar-refractivity contribution in [2.24, 2.45) is 5.41 Å². The molecule has 0 unspecified atom stereocenters. The summed E-state index contributed by atoms with van der Waals surface area (Å²) in [7, 11) is 0. The molecule has 0 radical (unpaired) electrons. The first-order valence-electron chi connectivity index (χ1n) is 8.44. The van der Waals surface area contributed by atoms with Crippen LogP contribution in [-0.2, 0) is 4.79 Å². The third kappa shape index (κ3) is 6.85. The van der Waals surface area contributed by atoms with Gasteiger partial charge < -0.3 is 5.32 Å². The topological polar surface area (TPSA) is 29.1 Å². The molecular weight excluding hydrogens is 282 g/mol. The summed E-state index contributed by atoms with van der Waals surface area (Å²) in [6.45, 7) is 11.7. The van der Waals surface area contributed by atoms with Crippen molar-refractivity contribution in [2.45, 2.75) is 53.9 Å². The Balaban J connectivity index is 2.69. The van der Waals surface area contributed by atoms with E-state index in [2.05, 4.69) is 63.4 Å². The van der Waals surface area contributed by atoms with Gasteiger partial charge >= 0.3 is 0 Å². The van der Waals surface area contributed by atoms with Crippen molar-refractivity contribution in [3.8, 4) is 0 Å². The molecule has 0 saturated carbocycles. The van der Waals surface area contributed by atoms with Crippen molar-refractivity contribution in [1.29, 1.82) is 0 Å². The van der Waals surface area contributed by atoms with Crippen LogP contribution in [0.25, 0.3) is 0 Å². The zero-order chi connectivity index (χ0) is 17.3. The van der Waals surface area contributed by atoms with Crippen molar-refractivity contribution >= 4 is 6.41 Å². The number of nitrogens with one attached hydrogen (secondary N) is 1. The van der Waals surface area contributed by atoms with Crippen molar-refractivity contribution in [3.63, 3.8) is 0 Å². The number of carbonyl (C=O) groups is 1. The second kappa shape index (κ2) is 9.34. The maximum Gasteiger partial charge on any atom is 0.207 e. The Labute approximate surface area is 141 Å². The van der Waals surface area contributed by atoms with E-state index in [1.807, 2.05) is 13.0 Å². The molecule has 0 aliphatic heterocycles. The molecule has 0 aromatic carbocycles. The maximum atomic E-state index is 10.2. The smallest absolute Gasteiger partial charge is 0.207 e. The molecule has 2 nitrogen and oxygen atoms in total. The predicted molar refractivity (Wildman–Crippen MR) is 100 cm³/mol. The first-order valence-corrected chi connectivity index (χ1v) is 8.44. The van der Waals surface area contributed by atoms with Crippen LogP contribution in [0.1, 0.15) is 53.9 Å². The molecule has 1 aliphatic carbocycles. The van der Waals surface area contributed by atoms with E-state index in [9.17, 15) is 4.79 Å². The molecule has 0 heterocycles. The number of amides is 1. The van der Waals surface area contributed by atoms with Crippen LogP contribution >= 0.6 is 0 Å². The van der Waals surface area contributed by atoms with Gasteiger partial charge in [-0.1, -0.05) is 67.0 Å². The van der Waals surface area contributed by atoms with E-state index in [1.54, 1.807) is 0 Å². The molecule has 0 saturated heterocycles. The summed E-state index contributed by atoms with van der Waals surface area (Å²) >= 11 is 0. The van der Waals surface area contributed by atoms with E-state index in [1.165, 1.54) is 36.0 Å². The summed E-state index contributed by atoms with van der Waals surface area (Å²) < 4.78 is 0. The Morgan fingerprint density at radius 2 is 1.96 bits per heavy atom. The lowest BCUT2D eigenvalue weighted by atomic mass is 9.72. The van der Waals surface area contributed by atoms with Crippen LogP contribution in [0.3, 0.4) is 0 Å². The van der Waals surface area contributed by atoms with Gasteiger partial charge in [-0.3, -0.25) is 4.79 Å². The number of carbonyl (C=O) groups excluding carboxylic acids is 1. The molecule has 1 aliphatic rings. The van der Waals surface area contributed by atoms with Gasteiger partial charge in [-0.15, -0.1) is 0 Å². The Hall–Kier alpha value is -1.83. The fourth-order valence-electron chi connectivity index (χ4n) is 2.97. The Kier molecular flexibility index (Phi) is 7.80. The Bertz CT molecular complexity index is 556. The van der Waals surface area contributed by atoms with Gasteiger partial charge in [0.05, 0.1) is 0 Å². The molecule has 0 bridgehead atoms. The second-order valence-corrected chi connectivity index (χ2v) is 7.01. The van der Waals surface area contributed by atoms with Crippen molar-refractivity contribution in [2.75, 3.05) is 6.54 Å². The number of hydrogen-bond acceptors (Lipinski definition) is 1. The average Bonchev–Trinajstić information content (AvgIpc) is 2.46. The molecular formula is C21H31NO. The summed E-state index contributed by atoms with van der Waals surface area (Å²) in [4.78, 5) is 10.2. The van der Waals surface area contributed by atoms with E-state index >= 15 is 0 Å². The van der Waals surface area contributed by atoms with Gasteiger partial charge in [0.1, 0.15) is 0 Å². The summed E-state index contributed by atoms with van der Waals surface area (Å²) in [6, 6.07) is 0. The minimum Gasteiger partial charge on any atom is -0.355 e. The van der Waals surface area contributed by atoms with Crippen LogP contribution in [0.4, 0.5) is 0 Å². The highest BCUT2D eigenvalue weighted by Gasteiger charge is 2.26. The Morgan fingerprint density at radius 3 is 2.61 bits per heavy atom. The highest BCUT2D eigenvalue weighted by atomic mass is 16.1. The highest BCUT2D eigenvalue weighted by molar-refractivity contribution is 5.46. The first-order chi connectivity index (χ1) is 10.9. The molecule has 0 aromatic rings. The lowest BCUT2D eigenvalue weighted by Gasteiger charge is -2.32. The predicted octanol–water partition coefficient (Wildman–Crippen LogP) is 5.26. The SMILES string of the molecule is CC(C=CC1=C(C)CCCC1(C)C)=CC=CC(C)=CCNC=O. The average molecular weight is 313 g/mol. The van der Waals surface area contributed by atoms with Gasteiger partial charge in [-0.25, -0.2) is 0 Å². The Morgan fingerprint density at radius 1 is 1.22 bits per heavy atom. The second-order valence-electron chi connectivity index (χ2n) is 7.01. The first kappa shape index (κ1) is 19.2. The maximum absolute atomic E-state index is 10.2. The van der Waals surface area contributed by atoms with Crippen molar-refractivity contribution in [3.05, 3.63) is 58.7 Å². The van der Waals surface area contributed by atoms with Crippen LogP contribution in [-0.4, -0.2) is 13.0 Å². The number of allylic oxidation sites excluding steroid dienone is 9. The zero-order valence-electron chi connectivity index (χ0n) is 15.3. The van der Waals surface area contributed by atoms with Crippen molar-refractivity contribution in [1.82, 2.24) is 5.32 Å². The molecule has 0 spiro atoms. The molecule has 1 rings (SSSR count). The third-order valence-corrected chi connectivity index (χ3v) is 4.40. The van der Waals surface area contributed by atoms with Gasteiger partial charge in [0.15, 0.2) is 0 Å². The summed E-state index contributed by atoms with van der Waals surface area (Å²) in [5.74, 6) is 0. The summed E-state index contributed by atoms with van der Waals surface area (Å²) in [6.07, 6.45) is 17.2. The lowest BCUT2D eigenvalue weighted by Crippen LogP contribution is -2.19. The fraction of sp³-hybridized carbons (Fsp3) is 0.476. The molecule has 0 atom stereocenters. The van der Waals surface area contributed by atoms with E-state index in [0.29, 0.717) is 18.4 Å². The normalized spacial score (nSPS) is 19.7. The highest BCUT2D eigenvalue weighted by Crippen LogP contribution is 2.40. The molecule has 1 N–H and O–H groups in total. The van der Waals surface area contributed by atoms with Gasteiger partial charge in [-0.05, 0) is 51.0 Å². The minimum absolute atomic E-state index is 0.292. The standard InChI is InChI=1S/C21H31NO/c1-17(8-6-9-18(2)13-15-22-16-23)11-12-20-19(3)10-7-14-21(20,4)5/h6,8-9,11-13,16H,7,10,14-15H2,1-5H3,(H,22,23). The molecule has 2 heteroatoms. The minimum atomic E-state index is 0.292.